The van der Waals surface area contributed by atoms with Crippen molar-refractivity contribution in [3.05, 3.63) is 35.9 Å². The standard InChI is InChI=1S/C14H23N3O/c1-12(11-18-2)17-14(15)16-10-6-9-13-7-4-3-5-8-13/h3-5,7-8,12H,6,9-11H2,1-2H3,(H3,15,16,17). The third-order valence-corrected chi connectivity index (χ3v) is 2.56. The van der Waals surface area contributed by atoms with Crippen molar-refractivity contribution in [2.24, 2.45) is 10.7 Å². The van der Waals surface area contributed by atoms with Crippen LogP contribution >= 0.6 is 0 Å². The third-order valence-electron chi connectivity index (χ3n) is 2.56. The maximum absolute atomic E-state index is 5.77. The molecule has 0 heterocycles. The molecule has 1 atom stereocenters. The first kappa shape index (κ1) is 14.5. The van der Waals surface area contributed by atoms with Gasteiger partial charge in [0.15, 0.2) is 5.96 Å². The van der Waals surface area contributed by atoms with Crippen molar-refractivity contribution in [2.75, 3.05) is 20.3 Å². The van der Waals surface area contributed by atoms with Crippen LogP contribution in [-0.2, 0) is 11.2 Å². The van der Waals surface area contributed by atoms with E-state index < -0.39 is 0 Å². The van der Waals surface area contributed by atoms with Gasteiger partial charge in [0.25, 0.3) is 0 Å². The molecule has 100 valence electrons. The molecule has 0 bridgehead atoms. The second-order valence-electron chi connectivity index (χ2n) is 4.36. The molecule has 0 amide bonds. The molecule has 0 fully saturated rings. The van der Waals surface area contributed by atoms with E-state index in [4.69, 9.17) is 10.5 Å². The summed E-state index contributed by atoms with van der Waals surface area (Å²) in [6.07, 6.45) is 2.04. The first-order valence-electron chi connectivity index (χ1n) is 6.31. The van der Waals surface area contributed by atoms with Crippen molar-refractivity contribution in [3.63, 3.8) is 0 Å². The number of nitrogens with one attached hydrogen (secondary N) is 1. The van der Waals surface area contributed by atoms with E-state index in [2.05, 4.69) is 34.6 Å². The maximum Gasteiger partial charge on any atom is 0.188 e. The Labute approximate surface area is 109 Å². The monoisotopic (exact) mass is 249 g/mol. The minimum Gasteiger partial charge on any atom is -0.383 e. The Hall–Kier alpha value is -1.55. The number of nitrogens with two attached hydrogens (primary N) is 1. The predicted molar refractivity (Wildman–Crippen MR) is 75.7 cm³/mol. The minimum atomic E-state index is 0.188. The smallest absolute Gasteiger partial charge is 0.188 e. The quantitative estimate of drug-likeness (QED) is 0.438. The first-order chi connectivity index (χ1) is 8.72. The van der Waals surface area contributed by atoms with Crippen molar-refractivity contribution >= 4 is 5.96 Å². The fraction of sp³-hybridized carbons (Fsp3) is 0.500. The molecule has 1 aromatic rings. The summed E-state index contributed by atoms with van der Waals surface area (Å²) in [6, 6.07) is 10.6. The lowest BCUT2D eigenvalue weighted by molar-refractivity contribution is 0.179. The van der Waals surface area contributed by atoms with E-state index in [0.717, 1.165) is 19.4 Å². The zero-order valence-electron chi connectivity index (χ0n) is 11.2. The molecule has 0 aromatic heterocycles. The van der Waals surface area contributed by atoms with Crippen LogP contribution in [0.4, 0.5) is 0 Å². The van der Waals surface area contributed by atoms with Gasteiger partial charge in [-0.15, -0.1) is 0 Å². The minimum absolute atomic E-state index is 0.188. The number of nitrogens with zero attached hydrogens (tertiary/aromatic N) is 1. The summed E-state index contributed by atoms with van der Waals surface area (Å²) in [5.74, 6) is 0.493. The average molecular weight is 249 g/mol. The average Bonchev–Trinajstić information content (AvgIpc) is 2.36. The molecule has 1 rings (SSSR count). The molecule has 4 heteroatoms. The molecule has 1 unspecified atom stereocenters. The summed E-state index contributed by atoms with van der Waals surface area (Å²) >= 11 is 0. The molecule has 1 aromatic carbocycles. The highest BCUT2D eigenvalue weighted by Crippen LogP contribution is 2.02. The van der Waals surface area contributed by atoms with Crippen LogP contribution in [0, 0.1) is 0 Å². The van der Waals surface area contributed by atoms with Crippen LogP contribution in [0.3, 0.4) is 0 Å². The Morgan fingerprint density at radius 3 is 2.78 bits per heavy atom. The summed E-state index contributed by atoms with van der Waals surface area (Å²) in [5, 5.41) is 3.08. The Morgan fingerprint density at radius 2 is 2.11 bits per heavy atom. The van der Waals surface area contributed by atoms with Crippen molar-refractivity contribution in [2.45, 2.75) is 25.8 Å². The largest absolute Gasteiger partial charge is 0.383 e. The summed E-state index contributed by atoms with van der Waals surface area (Å²) in [6.45, 7) is 3.38. The zero-order chi connectivity index (χ0) is 13.2. The summed E-state index contributed by atoms with van der Waals surface area (Å²) in [5.41, 5.74) is 7.11. The number of rotatable bonds is 7. The lowest BCUT2D eigenvalue weighted by Gasteiger charge is -2.12. The summed E-state index contributed by atoms with van der Waals surface area (Å²) in [7, 11) is 1.67. The summed E-state index contributed by atoms with van der Waals surface area (Å²) < 4.78 is 5.01. The van der Waals surface area contributed by atoms with Gasteiger partial charge in [0, 0.05) is 19.7 Å². The highest BCUT2D eigenvalue weighted by atomic mass is 16.5. The number of benzene rings is 1. The van der Waals surface area contributed by atoms with Gasteiger partial charge in [0.2, 0.25) is 0 Å². The topological polar surface area (TPSA) is 59.6 Å². The van der Waals surface area contributed by atoms with Gasteiger partial charge in [-0.2, -0.15) is 0 Å². The molecule has 4 nitrogen and oxygen atoms in total. The lowest BCUT2D eigenvalue weighted by Crippen LogP contribution is -2.40. The molecule has 0 radical (unpaired) electrons. The number of aryl methyl sites for hydroxylation is 1. The van der Waals surface area contributed by atoms with Gasteiger partial charge in [-0.3, -0.25) is 4.99 Å². The van der Waals surface area contributed by atoms with Crippen LogP contribution in [0.2, 0.25) is 0 Å². The number of hydrogen-bond donors (Lipinski definition) is 2. The van der Waals surface area contributed by atoms with Gasteiger partial charge in [-0.05, 0) is 25.3 Å². The SMILES string of the molecule is COCC(C)NC(N)=NCCCc1ccccc1. The second kappa shape index (κ2) is 8.53. The molecule has 0 aliphatic carbocycles. The van der Waals surface area contributed by atoms with Crippen LogP contribution in [0.5, 0.6) is 0 Å². The highest BCUT2D eigenvalue weighted by molar-refractivity contribution is 5.78. The van der Waals surface area contributed by atoms with Crippen LogP contribution in [0.15, 0.2) is 35.3 Å². The van der Waals surface area contributed by atoms with E-state index in [1.807, 2.05) is 13.0 Å². The van der Waals surface area contributed by atoms with Gasteiger partial charge >= 0.3 is 0 Å². The van der Waals surface area contributed by atoms with Crippen LogP contribution in [0.25, 0.3) is 0 Å². The number of aliphatic imine (C=N–C) groups is 1. The fourth-order valence-electron chi connectivity index (χ4n) is 1.72. The first-order valence-corrected chi connectivity index (χ1v) is 6.31. The molecule has 0 aliphatic rings. The number of ether oxygens (including phenoxy) is 1. The number of guanidine groups is 1. The number of methoxy groups -OCH3 is 1. The number of hydrogen-bond acceptors (Lipinski definition) is 2. The molecule has 18 heavy (non-hydrogen) atoms. The second-order valence-corrected chi connectivity index (χ2v) is 4.36. The van der Waals surface area contributed by atoms with Gasteiger partial charge in [0.1, 0.15) is 0 Å². The molecular formula is C14H23N3O. The molecule has 0 aliphatic heterocycles. The fourth-order valence-corrected chi connectivity index (χ4v) is 1.72. The normalized spacial score (nSPS) is 13.3. The van der Waals surface area contributed by atoms with Gasteiger partial charge in [0.05, 0.1) is 6.61 Å². The van der Waals surface area contributed by atoms with E-state index >= 15 is 0 Å². The Kier molecular flexibility index (Phi) is 6.87. The van der Waals surface area contributed by atoms with E-state index in [-0.39, 0.29) is 6.04 Å². The Bertz CT molecular complexity index is 351. The molecule has 0 saturated carbocycles. The van der Waals surface area contributed by atoms with E-state index in [9.17, 15) is 0 Å². The van der Waals surface area contributed by atoms with E-state index in [0.29, 0.717) is 12.6 Å². The highest BCUT2D eigenvalue weighted by Gasteiger charge is 2.00. The van der Waals surface area contributed by atoms with Crippen LogP contribution in [0.1, 0.15) is 18.9 Å². The maximum atomic E-state index is 5.77. The van der Waals surface area contributed by atoms with Crippen molar-refractivity contribution in [1.82, 2.24) is 5.32 Å². The predicted octanol–water partition coefficient (Wildman–Crippen LogP) is 1.56. The Balaban J connectivity index is 2.19. The van der Waals surface area contributed by atoms with E-state index in [1.54, 1.807) is 7.11 Å². The molecule has 0 spiro atoms. The third kappa shape index (κ3) is 6.25. The van der Waals surface area contributed by atoms with Crippen LogP contribution in [-0.4, -0.2) is 32.3 Å². The molecule has 0 saturated heterocycles. The molecule has 3 N–H and O–H groups in total. The van der Waals surface area contributed by atoms with Crippen molar-refractivity contribution in [1.29, 1.82) is 0 Å². The summed E-state index contributed by atoms with van der Waals surface area (Å²) in [4.78, 5) is 4.29. The van der Waals surface area contributed by atoms with Gasteiger partial charge < -0.3 is 15.8 Å². The van der Waals surface area contributed by atoms with Crippen molar-refractivity contribution < 1.29 is 4.74 Å². The van der Waals surface area contributed by atoms with Gasteiger partial charge in [-0.25, -0.2) is 0 Å². The van der Waals surface area contributed by atoms with E-state index in [1.165, 1.54) is 5.56 Å². The van der Waals surface area contributed by atoms with Crippen molar-refractivity contribution in [3.8, 4) is 0 Å². The lowest BCUT2D eigenvalue weighted by atomic mass is 10.1. The Morgan fingerprint density at radius 1 is 1.39 bits per heavy atom. The molecular weight excluding hydrogens is 226 g/mol. The zero-order valence-corrected chi connectivity index (χ0v) is 11.2. The van der Waals surface area contributed by atoms with Gasteiger partial charge in [-0.1, -0.05) is 30.3 Å². The van der Waals surface area contributed by atoms with Crippen LogP contribution < -0.4 is 11.1 Å².